The summed E-state index contributed by atoms with van der Waals surface area (Å²) in [5, 5.41) is 0. The van der Waals surface area contributed by atoms with Gasteiger partial charge in [0.25, 0.3) is 0 Å². The third kappa shape index (κ3) is 4.69. The van der Waals surface area contributed by atoms with E-state index in [0.717, 1.165) is 0 Å². The predicted octanol–water partition coefficient (Wildman–Crippen LogP) is 3.11. The van der Waals surface area contributed by atoms with Crippen LogP contribution in [0.4, 0.5) is 26.3 Å². The molecule has 0 aliphatic carbocycles. The van der Waals surface area contributed by atoms with Gasteiger partial charge in [-0.2, -0.15) is 26.3 Å². The van der Waals surface area contributed by atoms with Crippen molar-refractivity contribution < 1.29 is 31.1 Å². The molecular weight excluding hydrogens is 214 g/mol. The highest BCUT2D eigenvalue weighted by Gasteiger charge is 2.57. The Balaban J connectivity index is 4.28. The van der Waals surface area contributed by atoms with Gasteiger partial charge in [-0.15, -0.1) is 0 Å². The normalized spacial score (nSPS) is 13.7. The summed E-state index contributed by atoms with van der Waals surface area (Å²) < 4.78 is 74.4. The van der Waals surface area contributed by atoms with Gasteiger partial charge in [0.15, 0.2) is 0 Å². The molecule has 0 rings (SSSR count). The van der Waals surface area contributed by atoms with Gasteiger partial charge in [-0.05, 0) is 6.42 Å². The van der Waals surface area contributed by atoms with E-state index in [4.69, 9.17) is 0 Å². The molecule has 0 bridgehead atoms. The highest BCUT2D eigenvalue weighted by Crippen LogP contribution is 2.35. The van der Waals surface area contributed by atoms with E-state index in [1.807, 2.05) is 0 Å². The molecule has 0 heterocycles. The highest BCUT2D eigenvalue weighted by molar-refractivity contribution is 4.75. The molecule has 1 nitrogen and oxygen atoms in total. The number of alkyl halides is 6. The maximum atomic E-state index is 11.8. The van der Waals surface area contributed by atoms with Gasteiger partial charge in [-0.25, -0.2) is 0 Å². The van der Waals surface area contributed by atoms with Gasteiger partial charge in [-0.1, -0.05) is 13.3 Å². The number of unbranched alkanes of at least 4 members (excludes halogenated alkanes) is 1. The maximum absolute atomic E-state index is 11.8. The first-order valence-electron chi connectivity index (χ1n) is 3.74. The van der Waals surface area contributed by atoms with Crippen LogP contribution in [-0.2, 0) is 4.74 Å². The van der Waals surface area contributed by atoms with Crippen LogP contribution in [0.15, 0.2) is 0 Å². The van der Waals surface area contributed by atoms with Crippen molar-refractivity contribution in [3.05, 3.63) is 6.92 Å². The summed E-state index contributed by atoms with van der Waals surface area (Å²) in [6.45, 7) is 2.66. The fraction of sp³-hybridized carbons (Fsp3) is 0.857. The lowest BCUT2D eigenvalue weighted by Crippen LogP contribution is -2.44. The zero-order valence-electron chi connectivity index (χ0n) is 7.08. The zero-order valence-corrected chi connectivity index (χ0v) is 7.08. The Kier molecular flexibility index (Phi) is 4.70. The molecule has 0 aromatic carbocycles. The number of rotatable bonds is 4. The molecule has 14 heavy (non-hydrogen) atoms. The highest BCUT2D eigenvalue weighted by atomic mass is 19.4. The van der Waals surface area contributed by atoms with E-state index in [-0.39, 0.29) is 12.8 Å². The standard InChI is InChI=1S/C7H9F6O/c1-2-3-4-14-5(6(8,9)10)7(11,12)13/h5H,1-4H2. The first kappa shape index (κ1) is 13.5. The number of hydrogen-bond donors (Lipinski definition) is 0. The SMILES string of the molecule is [CH2]CCCOC(C(F)(F)F)C(F)(F)F. The molecule has 1 radical (unpaired) electrons. The number of halogens is 6. The molecule has 0 aliphatic heterocycles. The second-order valence-electron chi connectivity index (χ2n) is 2.54. The van der Waals surface area contributed by atoms with Crippen LogP contribution >= 0.6 is 0 Å². The van der Waals surface area contributed by atoms with Crippen LogP contribution in [0.25, 0.3) is 0 Å². The monoisotopic (exact) mass is 223 g/mol. The van der Waals surface area contributed by atoms with Crippen LogP contribution in [0.5, 0.6) is 0 Å². The van der Waals surface area contributed by atoms with Crippen LogP contribution < -0.4 is 0 Å². The molecule has 0 saturated heterocycles. The minimum atomic E-state index is -5.42. The Bertz CT molecular complexity index is 147. The van der Waals surface area contributed by atoms with Gasteiger partial charge in [0.1, 0.15) is 0 Å². The van der Waals surface area contributed by atoms with Crippen LogP contribution in [-0.4, -0.2) is 25.1 Å². The van der Waals surface area contributed by atoms with Crippen LogP contribution in [0, 0.1) is 6.92 Å². The molecule has 0 saturated carbocycles. The summed E-state index contributed by atoms with van der Waals surface area (Å²) in [6.07, 6.45) is -14.2. The topological polar surface area (TPSA) is 9.23 Å². The lowest BCUT2D eigenvalue weighted by atomic mass is 10.3. The molecule has 0 aliphatic rings. The van der Waals surface area contributed by atoms with E-state index in [1.54, 1.807) is 0 Å². The quantitative estimate of drug-likeness (QED) is 0.525. The minimum Gasteiger partial charge on any atom is -0.361 e. The van der Waals surface area contributed by atoms with Gasteiger partial charge in [-0.3, -0.25) is 0 Å². The van der Waals surface area contributed by atoms with E-state index in [1.165, 1.54) is 0 Å². The first-order valence-corrected chi connectivity index (χ1v) is 3.74. The van der Waals surface area contributed by atoms with Gasteiger partial charge < -0.3 is 4.74 Å². The van der Waals surface area contributed by atoms with Crippen LogP contribution in [0.1, 0.15) is 12.8 Å². The summed E-state index contributed by atoms with van der Waals surface area (Å²) in [6, 6.07) is 0. The Morgan fingerprint density at radius 3 is 1.71 bits per heavy atom. The Morgan fingerprint density at radius 2 is 1.43 bits per heavy atom. The molecule has 0 aromatic heterocycles. The van der Waals surface area contributed by atoms with E-state index in [0.29, 0.717) is 0 Å². The smallest absolute Gasteiger partial charge is 0.361 e. The fourth-order valence-electron chi connectivity index (χ4n) is 0.678. The third-order valence-electron chi connectivity index (χ3n) is 1.27. The second kappa shape index (κ2) is 4.86. The molecule has 85 valence electrons. The molecule has 0 aromatic rings. The first-order chi connectivity index (χ1) is 6.19. The predicted molar refractivity (Wildman–Crippen MR) is 36.4 cm³/mol. The largest absolute Gasteiger partial charge is 0.423 e. The van der Waals surface area contributed by atoms with Gasteiger partial charge in [0, 0.05) is 6.61 Å². The maximum Gasteiger partial charge on any atom is 0.423 e. The van der Waals surface area contributed by atoms with Gasteiger partial charge >= 0.3 is 12.4 Å². The molecule has 0 amide bonds. The Morgan fingerprint density at radius 1 is 1.00 bits per heavy atom. The zero-order chi connectivity index (χ0) is 11.4. The molecule has 0 fully saturated rings. The van der Waals surface area contributed by atoms with Crippen LogP contribution in [0.3, 0.4) is 0 Å². The molecule has 0 N–H and O–H groups in total. The van der Waals surface area contributed by atoms with Crippen molar-refractivity contribution in [2.75, 3.05) is 6.61 Å². The third-order valence-corrected chi connectivity index (χ3v) is 1.27. The van der Waals surface area contributed by atoms with Gasteiger partial charge in [0.05, 0.1) is 0 Å². The second-order valence-corrected chi connectivity index (χ2v) is 2.54. The van der Waals surface area contributed by atoms with Crippen molar-refractivity contribution in [1.82, 2.24) is 0 Å². The number of hydrogen-bond acceptors (Lipinski definition) is 1. The summed E-state index contributed by atoms with van der Waals surface area (Å²) in [5.41, 5.74) is 0. The molecule has 0 atom stereocenters. The van der Waals surface area contributed by atoms with Crippen molar-refractivity contribution in [1.29, 1.82) is 0 Å². The molecule has 0 unspecified atom stereocenters. The number of ether oxygens (including phenoxy) is 1. The van der Waals surface area contributed by atoms with Crippen molar-refractivity contribution >= 4 is 0 Å². The molecule has 7 heteroatoms. The fourth-order valence-corrected chi connectivity index (χ4v) is 0.678. The van der Waals surface area contributed by atoms with Crippen LogP contribution in [0.2, 0.25) is 0 Å². The van der Waals surface area contributed by atoms with Gasteiger partial charge in [0.2, 0.25) is 6.10 Å². The minimum absolute atomic E-state index is 0.0582. The van der Waals surface area contributed by atoms with E-state index >= 15 is 0 Å². The van der Waals surface area contributed by atoms with Crippen molar-refractivity contribution in [3.63, 3.8) is 0 Å². The van der Waals surface area contributed by atoms with E-state index < -0.39 is 25.1 Å². The lowest BCUT2D eigenvalue weighted by Gasteiger charge is -2.22. The van der Waals surface area contributed by atoms with Crippen molar-refractivity contribution in [3.8, 4) is 0 Å². The lowest BCUT2D eigenvalue weighted by molar-refractivity contribution is -0.321. The summed E-state index contributed by atoms with van der Waals surface area (Å²) >= 11 is 0. The van der Waals surface area contributed by atoms with E-state index in [2.05, 4.69) is 11.7 Å². The van der Waals surface area contributed by atoms with Crippen molar-refractivity contribution in [2.24, 2.45) is 0 Å². The average molecular weight is 223 g/mol. The van der Waals surface area contributed by atoms with E-state index in [9.17, 15) is 26.3 Å². The molecule has 0 spiro atoms. The molecular formula is C7H9F6O. The Hall–Kier alpha value is -0.460. The summed E-state index contributed by atoms with van der Waals surface area (Å²) in [4.78, 5) is 0. The van der Waals surface area contributed by atoms with Crippen molar-refractivity contribution in [2.45, 2.75) is 31.3 Å². The summed E-state index contributed by atoms with van der Waals surface area (Å²) in [7, 11) is 0. The summed E-state index contributed by atoms with van der Waals surface area (Å²) in [5.74, 6) is 0. The Labute approximate surface area is 77.0 Å². The average Bonchev–Trinajstić information content (AvgIpc) is 1.92.